The Balaban J connectivity index is 1.81. The van der Waals surface area contributed by atoms with Gasteiger partial charge in [-0.15, -0.1) is 0 Å². The molecule has 7 heteroatoms. The van der Waals surface area contributed by atoms with Crippen molar-refractivity contribution in [2.24, 2.45) is 0 Å². The van der Waals surface area contributed by atoms with E-state index >= 15 is 0 Å². The summed E-state index contributed by atoms with van der Waals surface area (Å²) in [6.45, 7) is 4.29. The summed E-state index contributed by atoms with van der Waals surface area (Å²) < 4.78 is 15.8. The molecule has 2 rings (SSSR count). The molecule has 2 amide bonds. The molecule has 0 bridgehead atoms. The molecule has 2 aromatic carbocycles. The Morgan fingerprint density at radius 1 is 1.00 bits per heavy atom. The van der Waals surface area contributed by atoms with Crippen LogP contribution < -0.4 is 24.8 Å². The summed E-state index contributed by atoms with van der Waals surface area (Å²) in [6, 6.07) is 12.2. The Labute approximate surface area is 164 Å². The second-order valence-corrected chi connectivity index (χ2v) is 5.77. The van der Waals surface area contributed by atoms with Crippen LogP contribution in [0.2, 0.25) is 0 Å². The minimum atomic E-state index is -0.730. The van der Waals surface area contributed by atoms with Crippen molar-refractivity contribution in [1.82, 2.24) is 5.32 Å². The number of hydrogen-bond acceptors (Lipinski definition) is 5. The molecule has 0 heterocycles. The zero-order chi connectivity index (χ0) is 20.4. The molecule has 0 saturated carbocycles. The highest BCUT2D eigenvalue weighted by Crippen LogP contribution is 2.27. The van der Waals surface area contributed by atoms with Crippen LogP contribution in [-0.2, 0) is 16.0 Å². The summed E-state index contributed by atoms with van der Waals surface area (Å²) in [7, 11) is 3.13. The van der Waals surface area contributed by atoms with Gasteiger partial charge >= 0.3 is 11.8 Å². The van der Waals surface area contributed by atoms with Crippen LogP contribution >= 0.6 is 0 Å². The lowest BCUT2D eigenvalue weighted by atomic mass is 10.1. The predicted molar refractivity (Wildman–Crippen MR) is 107 cm³/mol. The second-order valence-electron chi connectivity index (χ2n) is 5.77. The summed E-state index contributed by atoms with van der Waals surface area (Å²) in [4.78, 5) is 24.0. The van der Waals surface area contributed by atoms with Crippen LogP contribution in [-0.4, -0.2) is 39.2 Å². The second kappa shape index (κ2) is 10.6. The number of anilines is 1. The Hall–Kier alpha value is -3.48. The van der Waals surface area contributed by atoms with Crippen molar-refractivity contribution in [2.45, 2.75) is 6.42 Å². The van der Waals surface area contributed by atoms with Gasteiger partial charge in [0.1, 0.15) is 12.4 Å². The lowest BCUT2D eigenvalue weighted by molar-refractivity contribution is -0.136. The number of benzene rings is 2. The maximum absolute atomic E-state index is 12.0. The van der Waals surface area contributed by atoms with Gasteiger partial charge < -0.3 is 24.8 Å². The molecule has 28 heavy (non-hydrogen) atoms. The molecular weight excluding hydrogens is 360 g/mol. The molecule has 0 radical (unpaired) electrons. The Kier molecular flexibility index (Phi) is 7.90. The number of ether oxygens (including phenoxy) is 3. The van der Waals surface area contributed by atoms with Crippen LogP contribution in [0.1, 0.15) is 5.56 Å². The van der Waals surface area contributed by atoms with Gasteiger partial charge in [-0.2, -0.15) is 0 Å². The molecule has 0 saturated heterocycles. The Morgan fingerprint density at radius 2 is 1.71 bits per heavy atom. The highest BCUT2D eigenvalue weighted by Gasteiger charge is 2.13. The maximum atomic E-state index is 12.0. The Bertz CT molecular complexity index is 818. The summed E-state index contributed by atoms with van der Waals surface area (Å²) in [6.07, 6.45) is 2.19. The molecule has 0 aliphatic carbocycles. The van der Waals surface area contributed by atoms with Crippen LogP contribution in [0.15, 0.2) is 55.1 Å². The van der Waals surface area contributed by atoms with Crippen molar-refractivity contribution >= 4 is 17.5 Å². The molecule has 2 N–H and O–H groups in total. The third-order valence-corrected chi connectivity index (χ3v) is 3.83. The first kappa shape index (κ1) is 20.8. The van der Waals surface area contributed by atoms with Crippen molar-refractivity contribution < 1.29 is 23.8 Å². The van der Waals surface area contributed by atoms with E-state index < -0.39 is 11.8 Å². The van der Waals surface area contributed by atoms with Crippen LogP contribution in [0.3, 0.4) is 0 Å². The van der Waals surface area contributed by atoms with Gasteiger partial charge in [0.2, 0.25) is 0 Å². The quantitative estimate of drug-likeness (QED) is 0.513. The lowest BCUT2D eigenvalue weighted by Crippen LogP contribution is -2.36. The SMILES string of the molecule is C=CCOc1ccc(NC(=O)C(=O)NCCc2ccc(OC)c(OC)c2)cc1. The summed E-state index contributed by atoms with van der Waals surface area (Å²) >= 11 is 0. The normalized spacial score (nSPS) is 9.93. The molecule has 7 nitrogen and oxygen atoms in total. The minimum absolute atomic E-state index is 0.316. The van der Waals surface area contributed by atoms with E-state index in [4.69, 9.17) is 14.2 Å². The fourth-order valence-electron chi connectivity index (χ4n) is 2.41. The van der Waals surface area contributed by atoms with E-state index in [1.54, 1.807) is 50.6 Å². The first-order valence-electron chi connectivity index (χ1n) is 8.71. The molecular formula is C21H24N2O5. The molecule has 148 valence electrons. The number of rotatable bonds is 9. The first-order chi connectivity index (χ1) is 13.6. The van der Waals surface area contributed by atoms with Gasteiger partial charge in [0.15, 0.2) is 11.5 Å². The summed E-state index contributed by atoms with van der Waals surface area (Å²) in [5.41, 5.74) is 1.46. The fourth-order valence-corrected chi connectivity index (χ4v) is 2.41. The average molecular weight is 384 g/mol. The number of carbonyl (C=O) groups is 2. The van der Waals surface area contributed by atoms with Crippen molar-refractivity contribution in [2.75, 3.05) is 32.7 Å². The van der Waals surface area contributed by atoms with E-state index in [-0.39, 0.29) is 0 Å². The van der Waals surface area contributed by atoms with Crippen molar-refractivity contribution in [1.29, 1.82) is 0 Å². The molecule has 0 unspecified atom stereocenters. The zero-order valence-corrected chi connectivity index (χ0v) is 16.0. The van der Waals surface area contributed by atoms with Gasteiger partial charge in [-0.3, -0.25) is 9.59 Å². The van der Waals surface area contributed by atoms with Crippen LogP contribution in [0.5, 0.6) is 17.2 Å². The number of carbonyl (C=O) groups excluding carboxylic acids is 2. The van der Waals surface area contributed by atoms with E-state index in [1.807, 2.05) is 12.1 Å². The minimum Gasteiger partial charge on any atom is -0.493 e. The predicted octanol–water partition coefficient (Wildman–Crippen LogP) is 2.57. The number of hydrogen-bond donors (Lipinski definition) is 2. The smallest absolute Gasteiger partial charge is 0.313 e. The molecule has 2 aromatic rings. The highest BCUT2D eigenvalue weighted by molar-refractivity contribution is 6.39. The molecule has 0 fully saturated rings. The standard InChI is InChI=1S/C21H24N2O5/c1-4-13-28-17-8-6-16(7-9-17)23-21(25)20(24)22-12-11-15-5-10-18(26-2)19(14-15)27-3/h4-10,14H,1,11-13H2,2-3H3,(H,22,24)(H,23,25). The molecule has 0 aliphatic heterocycles. The van der Waals surface area contributed by atoms with E-state index in [2.05, 4.69) is 17.2 Å². The highest BCUT2D eigenvalue weighted by atomic mass is 16.5. The van der Waals surface area contributed by atoms with E-state index in [0.29, 0.717) is 42.5 Å². The number of nitrogens with one attached hydrogen (secondary N) is 2. The van der Waals surface area contributed by atoms with Crippen LogP contribution in [0.4, 0.5) is 5.69 Å². The Morgan fingerprint density at radius 3 is 2.36 bits per heavy atom. The summed E-state index contributed by atoms with van der Waals surface area (Å²) in [5, 5.41) is 5.14. The van der Waals surface area contributed by atoms with Crippen molar-refractivity contribution in [3.63, 3.8) is 0 Å². The summed E-state index contributed by atoms with van der Waals surface area (Å²) in [5.74, 6) is 0.469. The topological polar surface area (TPSA) is 85.9 Å². The number of methoxy groups -OCH3 is 2. The van der Waals surface area contributed by atoms with Gasteiger partial charge in [-0.05, 0) is 48.4 Å². The van der Waals surface area contributed by atoms with E-state index in [9.17, 15) is 9.59 Å². The molecule has 0 atom stereocenters. The van der Waals surface area contributed by atoms with Gasteiger partial charge in [-0.1, -0.05) is 18.7 Å². The largest absolute Gasteiger partial charge is 0.493 e. The molecule has 0 spiro atoms. The van der Waals surface area contributed by atoms with Crippen LogP contribution in [0, 0.1) is 0 Å². The average Bonchev–Trinajstić information content (AvgIpc) is 2.72. The lowest BCUT2D eigenvalue weighted by Gasteiger charge is -2.10. The van der Waals surface area contributed by atoms with E-state index in [0.717, 1.165) is 5.56 Å². The van der Waals surface area contributed by atoms with E-state index in [1.165, 1.54) is 0 Å². The van der Waals surface area contributed by atoms with Gasteiger partial charge in [0.25, 0.3) is 0 Å². The third kappa shape index (κ3) is 6.05. The van der Waals surface area contributed by atoms with Crippen LogP contribution in [0.25, 0.3) is 0 Å². The van der Waals surface area contributed by atoms with Gasteiger partial charge in [0.05, 0.1) is 14.2 Å². The van der Waals surface area contributed by atoms with Crippen molar-refractivity contribution in [3.05, 3.63) is 60.7 Å². The monoisotopic (exact) mass is 384 g/mol. The molecule has 0 aromatic heterocycles. The molecule has 0 aliphatic rings. The fraction of sp³-hybridized carbons (Fsp3) is 0.238. The first-order valence-corrected chi connectivity index (χ1v) is 8.71. The van der Waals surface area contributed by atoms with Gasteiger partial charge in [0, 0.05) is 12.2 Å². The zero-order valence-electron chi connectivity index (χ0n) is 16.0. The number of amides is 2. The maximum Gasteiger partial charge on any atom is 0.313 e. The van der Waals surface area contributed by atoms with Crippen molar-refractivity contribution in [3.8, 4) is 17.2 Å². The third-order valence-electron chi connectivity index (χ3n) is 3.83. The van der Waals surface area contributed by atoms with Gasteiger partial charge in [-0.25, -0.2) is 0 Å².